The van der Waals surface area contributed by atoms with E-state index in [4.69, 9.17) is 0 Å². The summed E-state index contributed by atoms with van der Waals surface area (Å²) in [6.07, 6.45) is 6.20. The summed E-state index contributed by atoms with van der Waals surface area (Å²) in [5, 5.41) is 2.05. The van der Waals surface area contributed by atoms with Gasteiger partial charge in [0.25, 0.3) is 5.91 Å². The molecule has 0 spiro atoms. The van der Waals surface area contributed by atoms with Crippen molar-refractivity contribution in [3.05, 3.63) is 33.0 Å². The molecule has 0 unspecified atom stereocenters. The largest absolute Gasteiger partial charge is 0.337 e. The van der Waals surface area contributed by atoms with Gasteiger partial charge in [0, 0.05) is 13.1 Å². The average molecular weight is 261 g/mol. The molecular weight excluding hydrogens is 242 g/mol. The molecule has 3 heteroatoms. The number of carbonyl (C=O) groups is 1. The molecule has 0 N–H and O–H groups in total. The lowest BCUT2D eigenvalue weighted by Gasteiger charge is -2.31. The molecule has 0 atom stereocenters. The molecule has 1 amide bonds. The van der Waals surface area contributed by atoms with E-state index in [-0.39, 0.29) is 5.91 Å². The second-order valence-corrected chi connectivity index (χ2v) is 6.25. The molecule has 2 heterocycles. The van der Waals surface area contributed by atoms with E-state index in [9.17, 15) is 4.79 Å². The topological polar surface area (TPSA) is 20.3 Å². The van der Waals surface area contributed by atoms with E-state index < -0.39 is 0 Å². The zero-order valence-corrected chi connectivity index (χ0v) is 11.7. The number of hydrogen-bond acceptors (Lipinski definition) is 2. The summed E-state index contributed by atoms with van der Waals surface area (Å²) in [5.41, 5.74) is 4.53. The van der Waals surface area contributed by atoms with Gasteiger partial charge < -0.3 is 4.90 Å². The van der Waals surface area contributed by atoms with Gasteiger partial charge in [0.1, 0.15) is 0 Å². The van der Waals surface area contributed by atoms with Crippen molar-refractivity contribution in [2.75, 3.05) is 13.1 Å². The normalized spacial score (nSPS) is 19.9. The van der Waals surface area contributed by atoms with E-state index in [2.05, 4.69) is 5.38 Å². The first-order chi connectivity index (χ1) is 8.74. The Kier molecular flexibility index (Phi) is 3.25. The summed E-state index contributed by atoms with van der Waals surface area (Å²) < 4.78 is 0. The van der Waals surface area contributed by atoms with Crippen LogP contribution in [0.3, 0.4) is 0 Å². The van der Waals surface area contributed by atoms with Crippen molar-refractivity contribution in [1.29, 1.82) is 0 Å². The van der Waals surface area contributed by atoms with Crippen molar-refractivity contribution in [2.45, 2.75) is 39.0 Å². The summed E-state index contributed by atoms with van der Waals surface area (Å²) in [4.78, 5) is 15.2. The summed E-state index contributed by atoms with van der Waals surface area (Å²) in [7, 11) is 0. The van der Waals surface area contributed by atoms with Gasteiger partial charge >= 0.3 is 0 Å². The monoisotopic (exact) mass is 261 g/mol. The van der Waals surface area contributed by atoms with E-state index in [1.165, 1.54) is 24.8 Å². The van der Waals surface area contributed by atoms with Gasteiger partial charge in [0.2, 0.25) is 0 Å². The van der Waals surface area contributed by atoms with Crippen LogP contribution in [0.15, 0.2) is 22.6 Å². The Morgan fingerprint density at radius 3 is 2.33 bits per heavy atom. The zero-order chi connectivity index (χ0) is 12.5. The Morgan fingerprint density at radius 2 is 1.83 bits per heavy atom. The number of aryl methyl sites for hydroxylation is 1. The molecule has 1 saturated heterocycles. The van der Waals surface area contributed by atoms with Crippen molar-refractivity contribution < 1.29 is 4.79 Å². The molecule has 2 fully saturated rings. The first-order valence-corrected chi connectivity index (χ1v) is 7.66. The molecule has 1 aliphatic carbocycles. The third kappa shape index (κ3) is 2.24. The van der Waals surface area contributed by atoms with E-state index >= 15 is 0 Å². The zero-order valence-electron chi connectivity index (χ0n) is 10.9. The molecule has 0 radical (unpaired) electrons. The number of hydrogen-bond donors (Lipinski definition) is 0. The second kappa shape index (κ2) is 4.88. The fraction of sp³-hybridized carbons (Fsp3) is 0.533. The van der Waals surface area contributed by atoms with Crippen molar-refractivity contribution in [3.8, 4) is 0 Å². The maximum absolute atomic E-state index is 12.3. The molecule has 2 aliphatic rings. The Bertz CT molecular complexity index is 484. The van der Waals surface area contributed by atoms with Crippen LogP contribution >= 0.6 is 11.3 Å². The maximum Gasteiger partial charge on any atom is 0.263 e. The van der Waals surface area contributed by atoms with Crippen LogP contribution in [0.1, 0.15) is 47.3 Å². The number of amides is 1. The number of nitrogens with zero attached hydrogens (tertiary/aromatic N) is 1. The smallest absolute Gasteiger partial charge is 0.263 e. The Hall–Kier alpha value is -1.09. The molecule has 1 aromatic heterocycles. The van der Waals surface area contributed by atoms with Crippen LogP contribution in [0.25, 0.3) is 0 Å². The Labute approximate surface area is 112 Å². The van der Waals surface area contributed by atoms with Crippen LogP contribution in [0.2, 0.25) is 0 Å². The first-order valence-electron chi connectivity index (χ1n) is 6.78. The highest BCUT2D eigenvalue weighted by atomic mass is 32.1. The van der Waals surface area contributed by atoms with Crippen LogP contribution < -0.4 is 0 Å². The van der Waals surface area contributed by atoms with Crippen LogP contribution in [-0.2, 0) is 0 Å². The van der Waals surface area contributed by atoms with Gasteiger partial charge in [-0.05, 0) is 56.0 Å². The van der Waals surface area contributed by atoms with Crippen molar-refractivity contribution >= 4 is 17.2 Å². The molecule has 1 saturated carbocycles. The summed E-state index contributed by atoms with van der Waals surface area (Å²) in [6, 6.07) is 2.01. The fourth-order valence-electron chi connectivity index (χ4n) is 2.74. The molecular formula is C15H19NOS. The van der Waals surface area contributed by atoms with Gasteiger partial charge in [0.15, 0.2) is 0 Å². The number of rotatable bonds is 1. The number of allylic oxidation sites excluding steroid dienone is 1. The van der Waals surface area contributed by atoms with E-state index in [0.29, 0.717) is 0 Å². The maximum atomic E-state index is 12.3. The SMILES string of the molecule is Cc1csc(C(=O)N2CCC(=C3CCC3)CC2)c1. The summed E-state index contributed by atoms with van der Waals surface area (Å²) >= 11 is 1.57. The number of carbonyl (C=O) groups excluding carboxylic acids is 1. The molecule has 1 aromatic rings. The van der Waals surface area contributed by atoms with Gasteiger partial charge in [0.05, 0.1) is 4.88 Å². The molecule has 1 aliphatic heterocycles. The van der Waals surface area contributed by atoms with E-state index in [1.807, 2.05) is 17.9 Å². The minimum Gasteiger partial charge on any atom is -0.337 e. The van der Waals surface area contributed by atoms with Gasteiger partial charge in [-0.2, -0.15) is 0 Å². The molecule has 0 aromatic carbocycles. The lowest BCUT2D eigenvalue weighted by molar-refractivity contribution is 0.0747. The molecule has 3 rings (SSSR count). The number of thiophene rings is 1. The third-order valence-electron chi connectivity index (χ3n) is 4.05. The average Bonchev–Trinajstić information content (AvgIpc) is 2.74. The second-order valence-electron chi connectivity index (χ2n) is 5.34. The minimum absolute atomic E-state index is 0.228. The van der Waals surface area contributed by atoms with Gasteiger partial charge in [-0.1, -0.05) is 11.1 Å². The Morgan fingerprint density at radius 1 is 1.17 bits per heavy atom. The van der Waals surface area contributed by atoms with Crippen molar-refractivity contribution in [3.63, 3.8) is 0 Å². The molecule has 96 valence electrons. The van der Waals surface area contributed by atoms with Crippen molar-refractivity contribution in [2.24, 2.45) is 0 Å². The van der Waals surface area contributed by atoms with Gasteiger partial charge in [-0.15, -0.1) is 11.3 Å². The fourth-order valence-corrected chi connectivity index (χ4v) is 3.60. The lowest BCUT2D eigenvalue weighted by atomic mass is 9.84. The molecule has 18 heavy (non-hydrogen) atoms. The molecule has 2 nitrogen and oxygen atoms in total. The van der Waals surface area contributed by atoms with Crippen molar-refractivity contribution in [1.82, 2.24) is 4.90 Å². The summed E-state index contributed by atoms with van der Waals surface area (Å²) in [6.45, 7) is 3.87. The highest BCUT2D eigenvalue weighted by Gasteiger charge is 2.24. The molecule has 0 bridgehead atoms. The van der Waals surface area contributed by atoms with Crippen LogP contribution in [-0.4, -0.2) is 23.9 Å². The Balaban J connectivity index is 1.64. The van der Waals surface area contributed by atoms with Crippen LogP contribution in [0.4, 0.5) is 0 Å². The third-order valence-corrected chi connectivity index (χ3v) is 5.09. The quantitative estimate of drug-likeness (QED) is 0.705. The van der Waals surface area contributed by atoms with Crippen LogP contribution in [0.5, 0.6) is 0 Å². The summed E-state index contributed by atoms with van der Waals surface area (Å²) in [5.74, 6) is 0.228. The number of likely N-dealkylation sites (tertiary alicyclic amines) is 1. The first kappa shape index (κ1) is 12.0. The van der Waals surface area contributed by atoms with Crippen LogP contribution in [0, 0.1) is 6.92 Å². The predicted molar refractivity (Wildman–Crippen MR) is 75.1 cm³/mol. The highest BCUT2D eigenvalue weighted by Crippen LogP contribution is 2.33. The lowest BCUT2D eigenvalue weighted by Crippen LogP contribution is -2.36. The van der Waals surface area contributed by atoms with Gasteiger partial charge in [-0.25, -0.2) is 0 Å². The van der Waals surface area contributed by atoms with E-state index in [1.54, 1.807) is 22.5 Å². The van der Waals surface area contributed by atoms with Gasteiger partial charge in [-0.3, -0.25) is 4.79 Å². The standard InChI is InChI=1S/C15H19NOS/c1-11-9-14(18-10-11)15(17)16-7-5-13(6-8-16)12-3-2-4-12/h9-10H,2-8H2,1H3. The van der Waals surface area contributed by atoms with E-state index in [0.717, 1.165) is 30.8 Å². The highest BCUT2D eigenvalue weighted by molar-refractivity contribution is 7.12. The minimum atomic E-state index is 0.228. The number of piperidine rings is 1. The predicted octanol–water partition coefficient (Wildman–Crippen LogP) is 3.77.